The first kappa shape index (κ1) is 15.0. The van der Waals surface area contributed by atoms with E-state index >= 15 is 0 Å². The molecule has 2 N–H and O–H groups in total. The monoisotopic (exact) mass is 301 g/mol. The second kappa shape index (κ2) is 6.90. The molecule has 2 aliphatic rings. The smallest absolute Gasteiger partial charge is 0.253 e. The Morgan fingerprint density at radius 1 is 0.818 bits per heavy atom. The van der Waals surface area contributed by atoms with Crippen LogP contribution in [-0.4, -0.2) is 28.9 Å². The Morgan fingerprint density at radius 2 is 1.32 bits per heavy atom. The van der Waals surface area contributed by atoms with Crippen LogP contribution < -0.4 is 10.6 Å². The van der Waals surface area contributed by atoms with Gasteiger partial charge in [-0.15, -0.1) is 0 Å². The van der Waals surface area contributed by atoms with Crippen LogP contribution in [0.15, 0.2) is 18.5 Å². The van der Waals surface area contributed by atoms with Crippen LogP contribution in [0, 0.1) is 0 Å². The van der Waals surface area contributed by atoms with E-state index in [0.717, 1.165) is 25.7 Å². The van der Waals surface area contributed by atoms with Crippen molar-refractivity contribution in [1.82, 2.24) is 15.6 Å². The van der Waals surface area contributed by atoms with E-state index in [1.165, 1.54) is 38.1 Å². The van der Waals surface area contributed by atoms with Crippen molar-refractivity contribution in [3.8, 4) is 0 Å². The zero-order chi connectivity index (χ0) is 15.4. The van der Waals surface area contributed by atoms with Gasteiger partial charge in [0.1, 0.15) is 0 Å². The van der Waals surface area contributed by atoms with Crippen LogP contribution in [0.4, 0.5) is 0 Å². The predicted octanol–water partition coefficient (Wildman–Crippen LogP) is 2.43. The average Bonchev–Trinajstić information content (AvgIpc) is 3.35. The van der Waals surface area contributed by atoms with E-state index in [4.69, 9.17) is 0 Å². The van der Waals surface area contributed by atoms with Gasteiger partial charge < -0.3 is 10.6 Å². The third kappa shape index (κ3) is 4.06. The minimum absolute atomic E-state index is 0.125. The van der Waals surface area contributed by atoms with Gasteiger partial charge in [0.05, 0.1) is 11.1 Å². The fourth-order valence-corrected chi connectivity index (χ4v) is 2.88. The molecule has 2 aliphatic carbocycles. The topological polar surface area (TPSA) is 71.1 Å². The van der Waals surface area contributed by atoms with Crippen molar-refractivity contribution in [3.63, 3.8) is 0 Å². The minimum Gasteiger partial charge on any atom is -0.349 e. The first-order valence-electron chi connectivity index (χ1n) is 8.29. The van der Waals surface area contributed by atoms with Crippen molar-refractivity contribution in [2.75, 3.05) is 0 Å². The largest absolute Gasteiger partial charge is 0.349 e. The molecule has 2 amide bonds. The molecule has 0 saturated heterocycles. The number of aromatic nitrogens is 1. The van der Waals surface area contributed by atoms with E-state index in [-0.39, 0.29) is 17.9 Å². The summed E-state index contributed by atoms with van der Waals surface area (Å²) in [6, 6.07) is 2.19. The van der Waals surface area contributed by atoms with Crippen LogP contribution in [0.3, 0.4) is 0 Å². The molecular weight excluding hydrogens is 278 g/mol. The maximum Gasteiger partial charge on any atom is 0.253 e. The van der Waals surface area contributed by atoms with Crippen LogP contribution in [0.2, 0.25) is 0 Å². The zero-order valence-electron chi connectivity index (χ0n) is 12.8. The number of hydrogen-bond donors (Lipinski definition) is 2. The van der Waals surface area contributed by atoms with E-state index in [1.807, 2.05) is 0 Å². The SMILES string of the molecule is O=C(NC1CCCCCC1)c1cncc(C(=O)NC2CC2)c1. The summed E-state index contributed by atoms with van der Waals surface area (Å²) in [5.41, 5.74) is 0.924. The third-order valence-corrected chi connectivity index (χ3v) is 4.37. The molecular formula is C17H23N3O2. The van der Waals surface area contributed by atoms with Gasteiger partial charge in [0.15, 0.2) is 0 Å². The van der Waals surface area contributed by atoms with Gasteiger partial charge in [0.2, 0.25) is 0 Å². The highest BCUT2D eigenvalue weighted by Crippen LogP contribution is 2.20. The summed E-state index contributed by atoms with van der Waals surface area (Å²) in [6.45, 7) is 0. The summed E-state index contributed by atoms with van der Waals surface area (Å²) >= 11 is 0. The number of nitrogens with zero attached hydrogens (tertiary/aromatic N) is 1. The molecule has 0 atom stereocenters. The number of carbonyl (C=O) groups excluding carboxylic acids is 2. The fourth-order valence-electron chi connectivity index (χ4n) is 2.88. The van der Waals surface area contributed by atoms with Gasteiger partial charge in [-0.3, -0.25) is 14.6 Å². The summed E-state index contributed by atoms with van der Waals surface area (Å²) in [4.78, 5) is 28.4. The van der Waals surface area contributed by atoms with Crippen LogP contribution in [0.5, 0.6) is 0 Å². The van der Waals surface area contributed by atoms with Crippen molar-refractivity contribution in [2.24, 2.45) is 0 Å². The Bertz CT molecular complexity index is 547. The Morgan fingerprint density at radius 3 is 1.82 bits per heavy atom. The molecule has 0 unspecified atom stereocenters. The zero-order valence-corrected chi connectivity index (χ0v) is 12.8. The van der Waals surface area contributed by atoms with Gasteiger partial charge in [0, 0.05) is 24.5 Å². The standard InChI is InChI=1S/C17H23N3O2/c21-16(19-14-5-3-1-2-4-6-14)12-9-13(11-18-10-12)17(22)20-15-7-8-15/h9-11,14-15H,1-8H2,(H,19,21)(H,20,22). The predicted molar refractivity (Wildman–Crippen MR) is 83.7 cm³/mol. The lowest BCUT2D eigenvalue weighted by molar-refractivity contribution is 0.0933. The number of pyridine rings is 1. The molecule has 1 aromatic rings. The van der Waals surface area contributed by atoms with Crippen molar-refractivity contribution in [1.29, 1.82) is 0 Å². The molecule has 5 heteroatoms. The number of nitrogens with one attached hydrogen (secondary N) is 2. The van der Waals surface area contributed by atoms with Crippen molar-refractivity contribution in [2.45, 2.75) is 63.5 Å². The summed E-state index contributed by atoms with van der Waals surface area (Å²) in [5, 5.41) is 6.00. The second-order valence-corrected chi connectivity index (χ2v) is 6.37. The molecule has 0 spiro atoms. The third-order valence-electron chi connectivity index (χ3n) is 4.37. The highest BCUT2D eigenvalue weighted by atomic mass is 16.2. The highest BCUT2D eigenvalue weighted by Gasteiger charge is 2.24. The molecule has 5 nitrogen and oxygen atoms in total. The molecule has 0 radical (unpaired) electrons. The van der Waals surface area contributed by atoms with E-state index in [1.54, 1.807) is 6.07 Å². The molecule has 0 aliphatic heterocycles. The van der Waals surface area contributed by atoms with E-state index < -0.39 is 0 Å². The summed E-state index contributed by atoms with van der Waals surface area (Å²) < 4.78 is 0. The van der Waals surface area contributed by atoms with Crippen molar-refractivity contribution < 1.29 is 9.59 Å². The Hall–Kier alpha value is -1.91. The molecule has 2 saturated carbocycles. The Kier molecular flexibility index (Phi) is 4.71. The highest BCUT2D eigenvalue weighted by molar-refractivity contribution is 5.99. The Balaban J connectivity index is 1.62. The van der Waals surface area contributed by atoms with E-state index in [0.29, 0.717) is 17.2 Å². The minimum atomic E-state index is -0.140. The van der Waals surface area contributed by atoms with Gasteiger partial charge in [0.25, 0.3) is 11.8 Å². The number of hydrogen-bond acceptors (Lipinski definition) is 3. The number of amides is 2. The second-order valence-electron chi connectivity index (χ2n) is 6.37. The normalized spacial score (nSPS) is 19.3. The lowest BCUT2D eigenvalue weighted by Gasteiger charge is -2.16. The summed E-state index contributed by atoms with van der Waals surface area (Å²) in [5.74, 6) is -0.264. The van der Waals surface area contributed by atoms with Crippen molar-refractivity contribution >= 4 is 11.8 Å². The molecule has 22 heavy (non-hydrogen) atoms. The first-order chi connectivity index (χ1) is 10.7. The fraction of sp³-hybridized carbons (Fsp3) is 0.588. The van der Waals surface area contributed by atoms with Gasteiger partial charge >= 0.3 is 0 Å². The van der Waals surface area contributed by atoms with Crippen molar-refractivity contribution in [3.05, 3.63) is 29.6 Å². The van der Waals surface area contributed by atoms with Crippen LogP contribution in [0.25, 0.3) is 0 Å². The number of carbonyl (C=O) groups is 2. The average molecular weight is 301 g/mol. The van der Waals surface area contributed by atoms with Crippen LogP contribution in [-0.2, 0) is 0 Å². The lowest BCUT2D eigenvalue weighted by atomic mass is 10.1. The van der Waals surface area contributed by atoms with Crippen LogP contribution >= 0.6 is 0 Å². The summed E-state index contributed by atoms with van der Waals surface area (Å²) in [6.07, 6.45) is 12.1. The number of rotatable bonds is 4. The van der Waals surface area contributed by atoms with Crippen LogP contribution in [0.1, 0.15) is 72.1 Å². The van der Waals surface area contributed by atoms with E-state index in [2.05, 4.69) is 15.6 Å². The molecule has 3 rings (SSSR count). The van der Waals surface area contributed by atoms with Gasteiger partial charge in [-0.05, 0) is 31.7 Å². The molecule has 1 aromatic heterocycles. The molecule has 1 heterocycles. The van der Waals surface area contributed by atoms with E-state index in [9.17, 15) is 9.59 Å². The van der Waals surface area contributed by atoms with Gasteiger partial charge in [-0.1, -0.05) is 25.7 Å². The first-order valence-corrected chi connectivity index (χ1v) is 8.29. The molecule has 0 aromatic carbocycles. The quantitative estimate of drug-likeness (QED) is 0.839. The summed E-state index contributed by atoms with van der Waals surface area (Å²) in [7, 11) is 0. The lowest BCUT2D eigenvalue weighted by Crippen LogP contribution is -2.34. The molecule has 118 valence electrons. The Labute approximate surface area is 130 Å². The van der Waals surface area contributed by atoms with Gasteiger partial charge in [-0.25, -0.2) is 0 Å². The van der Waals surface area contributed by atoms with Gasteiger partial charge in [-0.2, -0.15) is 0 Å². The molecule has 2 fully saturated rings. The maximum absolute atomic E-state index is 12.4. The maximum atomic E-state index is 12.4. The molecule has 0 bridgehead atoms.